The van der Waals surface area contributed by atoms with Gasteiger partial charge in [-0.1, -0.05) is 11.3 Å². The highest BCUT2D eigenvalue weighted by Crippen LogP contribution is 2.23. The number of nitrogens with two attached hydrogens (primary N) is 1. The molecule has 1 unspecified atom stereocenters. The molecule has 4 N–H and O–H groups in total. The molecule has 0 saturated carbocycles. The standard InChI is InChI=1S/C14H21N4O2S/c1-8-12(4-5-19)21-14(9(2)20)18(8)7-11-6-16-10(3)17-13(11)15/h6,9,19-20H,4-5,7H2,1-3H3,(H2,15,16,17)/q+1. The molecule has 2 aromatic rings. The van der Waals surface area contributed by atoms with E-state index >= 15 is 0 Å². The molecule has 0 saturated heterocycles. The molecular formula is C14H21N4O2S+. The van der Waals surface area contributed by atoms with Crippen LogP contribution in [0.25, 0.3) is 0 Å². The molecule has 0 aliphatic heterocycles. The molecule has 21 heavy (non-hydrogen) atoms. The predicted octanol–water partition coefficient (Wildman–Crippen LogP) is 0.661. The van der Waals surface area contributed by atoms with Crippen LogP contribution in [0.5, 0.6) is 0 Å². The number of hydrogen-bond donors (Lipinski definition) is 3. The first-order valence-electron chi connectivity index (χ1n) is 6.83. The zero-order valence-electron chi connectivity index (χ0n) is 12.5. The van der Waals surface area contributed by atoms with Crippen molar-refractivity contribution in [3.05, 3.63) is 33.2 Å². The molecule has 0 spiro atoms. The third kappa shape index (κ3) is 3.37. The Hall–Kier alpha value is -1.57. The van der Waals surface area contributed by atoms with Gasteiger partial charge in [0.2, 0.25) is 0 Å². The molecule has 0 aliphatic carbocycles. The van der Waals surface area contributed by atoms with E-state index in [0.29, 0.717) is 24.6 Å². The molecule has 0 bridgehead atoms. The molecule has 0 amide bonds. The number of nitrogens with zero attached hydrogens (tertiary/aromatic N) is 3. The third-order valence-corrected chi connectivity index (χ3v) is 4.86. The van der Waals surface area contributed by atoms with Crippen LogP contribution in [0.15, 0.2) is 6.20 Å². The number of rotatable bonds is 5. The summed E-state index contributed by atoms with van der Waals surface area (Å²) in [5.41, 5.74) is 7.80. The van der Waals surface area contributed by atoms with E-state index in [9.17, 15) is 5.11 Å². The van der Waals surface area contributed by atoms with Crippen molar-refractivity contribution in [1.82, 2.24) is 9.97 Å². The van der Waals surface area contributed by atoms with Crippen LogP contribution in [0.3, 0.4) is 0 Å². The lowest BCUT2D eigenvalue weighted by Gasteiger charge is -2.05. The van der Waals surface area contributed by atoms with Gasteiger partial charge in [-0.3, -0.25) is 0 Å². The quantitative estimate of drug-likeness (QED) is 0.705. The summed E-state index contributed by atoms with van der Waals surface area (Å²) < 4.78 is 2.02. The molecule has 1 atom stereocenters. The van der Waals surface area contributed by atoms with E-state index in [2.05, 4.69) is 9.97 Å². The summed E-state index contributed by atoms with van der Waals surface area (Å²) in [6, 6.07) is 0. The van der Waals surface area contributed by atoms with Crippen molar-refractivity contribution in [3.8, 4) is 0 Å². The van der Waals surface area contributed by atoms with E-state index in [1.54, 1.807) is 20.0 Å². The van der Waals surface area contributed by atoms with E-state index in [4.69, 9.17) is 10.8 Å². The zero-order valence-corrected chi connectivity index (χ0v) is 13.3. The first kappa shape index (κ1) is 15.8. The number of anilines is 1. The lowest BCUT2D eigenvalue weighted by atomic mass is 10.2. The highest BCUT2D eigenvalue weighted by atomic mass is 32.1. The second-order valence-corrected chi connectivity index (χ2v) is 6.13. The number of aromatic nitrogens is 3. The van der Waals surface area contributed by atoms with Crippen molar-refractivity contribution >= 4 is 17.2 Å². The van der Waals surface area contributed by atoms with Crippen molar-refractivity contribution in [3.63, 3.8) is 0 Å². The Labute approximate surface area is 127 Å². The molecule has 114 valence electrons. The number of aliphatic hydroxyl groups is 2. The summed E-state index contributed by atoms with van der Waals surface area (Å²) in [7, 11) is 0. The minimum atomic E-state index is -0.575. The van der Waals surface area contributed by atoms with Crippen LogP contribution in [-0.4, -0.2) is 26.8 Å². The second kappa shape index (κ2) is 6.46. The summed E-state index contributed by atoms with van der Waals surface area (Å²) in [6.45, 7) is 6.12. The molecule has 0 radical (unpaired) electrons. The summed E-state index contributed by atoms with van der Waals surface area (Å²) in [4.78, 5) is 9.42. The normalized spacial score (nSPS) is 12.6. The molecule has 0 fully saturated rings. The minimum Gasteiger partial charge on any atom is -0.396 e. The molecule has 2 aromatic heterocycles. The maximum absolute atomic E-state index is 9.97. The van der Waals surface area contributed by atoms with E-state index in [-0.39, 0.29) is 6.61 Å². The summed E-state index contributed by atoms with van der Waals surface area (Å²) in [5.74, 6) is 1.10. The molecule has 7 heteroatoms. The van der Waals surface area contributed by atoms with Crippen LogP contribution in [-0.2, 0) is 13.0 Å². The lowest BCUT2D eigenvalue weighted by Crippen LogP contribution is -2.40. The average Bonchev–Trinajstić information content (AvgIpc) is 2.71. The fourth-order valence-electron chi connectivity index (χ4n) is 2.22. The number of hydrogen-bond acceptors (Lipinski definition) is 6. The lowest BCUT2D eigenvalue weighted by molar-refractivity contribution is -0.699. The molecule has 0 aliphatic rings. The number of aliphatic hydroxyl groups excluding tert-OH is 2. The van der Waals surface area contributed by atoms with Gasteiger partial charge < -0.3 is 15.9 Å². The Balaban J connectivity index is 2.42. The van der Waals surface area contributed by atoms with Crippen molar-refractivity contribution in [2.45, 2.75) is 39.8 Å². The molecular weight excluding hydrogens is 288 g/mol. The van der Waals surface area contributed by atoms with Crippen LogP contribution in [0, 0.1) is 13.8 Å². The fourth-order valence-corrected chi connectivity index (χ4v) is 3.40. The summed E-state index contributed by atoms with van der Waals surface area (Å²) in [6.07, 6.45) is 1.73. The highest BCUT2D eigenvalue weighted by molar-refractivity contribution is 7.11. The van der Waals surface area contributed by atoms with Crippen molar-refractivity contribution in [1.29, 1.82) is 0 Å². The van der Waals surface area contributed by atoms with Gasteiger partial charge in [0.1, 0.15) is 17.7 Å². The van der Waals surface area contributed by atoms with E-state index in [1.807, 2.05) is 11.5 Å². The largest absolute Gasteiger partial charge is 0.396 e. The Bertz CT molecular complexity index is 640. The smallest absolute Gasteiger partial charge is 0.266 e. The monoisotopic (exact) mass is 309 g/mol. The number of thiazole rings is 1. The van der Waals surface area contributed by atoms with Gasteiger partial charge in [0, 0.05) is 26.1 Å². The van der Waals surface area contributed by atoms with Crippen molar-refractivity contribution in [2.24, 2.45) is 0 Å². The first-order valence-corrected chi connectivity index (χ1v) is 7.64. The zero-order chi connectivity index (χ0) is 15.6. The summed E-state index contributed by atoms with van der Waals surface area (Å²) in [5, 5.41) is 20.0. The van der Waals surface area contributed by atoms with Gasteiger partial charge in [-0.2, -0.15) is 4.57 Å². The molecule has 2 rings (SSSR count). The van der Waals surface area contributed by atoms with Crippen LogP contribution in [0.4, 0.5) is 5.82 Å². The van der Waals surface area contributed by atoms with Crippen molar-refractivity contribution in [2.75, 3.05) is 12.3 Å². The Morgan fingerprint density at radius 1 is 1.43 bits per heavy atom. The molecule has 2 heterocycles. The van der Waals surface area contributed by atoms with Gasteiger partial charge in [-0.25, -0.2) is 9.97 Å². The average molecular weight is 309 g/mol. The van der Waals surface area contributed by atoms with Gasteiger partial charge in [0.05, 0.1) is 10.4 Å². The van der Waals surface area contributed by atoms with Crippen LogP contribution in [0.1, 0.15) is 40.0 Å². The minimum absolute atomic E-state index is 0.0936. The first-order chi connectivity index (χ1) is 9.93. The van der Waals surface area contributed by atoms with Crippen LogP contribution >= 0.6 is 11.3 Å². The van der Waals surface area contributed by atoms with Gasteiger partial charge >= 0.3 is 0 Å². The predicted molar refractivity (Wildman–Crippen MR) is 81.0 cm³/mol. The summed E-state index contributed by atoms with van der Waals surface area (Å²) >= 11 is 1.52. The van der Waals surface area contributed by atoms with Gasteiger partial charge in [0.25, 0.3) is 5.01 Å². The van der Waals surface area contributed by atoms with Crippen LogP contribution < -0.4 is 10.3 Å². The third-order valence-electron chi connectivity index (χ3n) is 3.35. The fraction of sp³-hybridized carbons (Fsp3) is 0.500. The molecule has 0 aromatic carbocycles. The van der Waals surface area contributed by atoms with Gasteiger partial charge in [0.15, 0.2) is 12.2 Å². The number of aryl methyl sites for hydroxylation is 1. The van der Waals surface area contributed by atoms with Gasteiger partial charge in [-0.15, -0.1) is 0 Å². The van der Waals surface area contributed by atoms with Gasteiger partial charge in [-0.05, 0) is 13.8 Å². The maximum Gasteiger partial charge on any atom is 0.266 e. The van der Waals surface area contributed by atoms with Crippen LogP contribution in [0.2, 0.25) is 0 Å². The Morgan fingerprint density at radius 3 is 2.71 bits per heavy atom. The van der Waals surface area contributed by atoms with Crippen molar-refractivity contribution < 1.29 is 14.8 Å². The van der Waals surface area contributed by atoms with E-state index in [1.165, 1.54) is 11.3 Å². The molecule has 6 nitrogen and oxygen atoms in total. The Morgan fingerprint density at radius 2 is 2.14 bits per heavy atom. The maximum atomic E-state index is 9.97. The van der Waals surface area contributed by atoms with E-state index < -0.39 is 6.10 Å². The Kier molecular flexibility index (Phi) is 4.87. The highest BCUT2D eigenvalue weighted by Gasteiger charge is 2.27. The topological polar surface area (TPSA) is 96.1 Å². The SMILES string of the molecule is Cc1ncc(C[n+]2c(C(C)O)sc(CCO)c2C)c(N)n1. The second-order valence-electron chi connectivity index (χ2n) is 5.01. The van der Waals surface area contributed by atoms with E-state index in [0.717, 1.165) is 21.1 Å². The number of nitrogen functional groups attached to an aromatic ring is 1.